The summed E-state index contributed by atoms with van der Waals surface area (Å²) in [6.07, 6.45) is 3.95. The zero-order chi connectivity index (χ0) is 16.2. The fourth-order valence-electron chi connectivity index (χ4n) is 2.45. The Morgan fingerprint density at radius 3 is 2.96 bits per heavy atom. The van der Waals surface area contributed by atoms with Crippen molar-refractivity contribution >= 4 is 0 Å². The number of benzene rings is 1. The predicted octanol–water partition coefficient (Wildman–Crippen LogP) is 3.08. The number of halogens is 1. The van der Waals surface area contributed by atoms with Gasteiger partial charge >= 0.3 is 0 Å². The highest BCUT2D eigenvalue weighted by molar-refractivity contribution is 5.31. The van der Waals surface area contributed by atoms with Crippen LogP contribution in [0.15, 0.2) is 24.5 Å². The van der Waals surface area contributed by atoms with Gasteiger partial charge in [0.1, 0.15) is 12.2 Å². The summed E-state index contributed by atoms with van der Waals surface area (Å²) in [5.41, 5.74) is 0.892. The molecule has 1 N–H and O–H groups in total. The zero-order valence-electron chi connectivity index (χ0n) is 13.6. The molecule has 0 spiro atoms. The van der Waals surface area contributed by atoms with Gasteiger partial charge in [-0.3, -0.25) is 0 Å². The van der Waals surface area contributed by atoms with Gasteiger partial charge in [-0.1, -0.05) is 6.07 Å². The van der Waals surface area contributed by atoms with E-state index in [-0.39, 0.29) is 11.9 Å². The lowest BCUT2D eigenvalue weighted by molar-refractivity contribution is 0.285. The third kappa shape index (κ3) is 4.07. The van der Waals surface area contributed by atoms with Crippen LogP contribution in [0.4, 0.5) is 4.39 Å². The standard InChI is InChI=1S/C17H23FN4O/c1-3-22-17(20-11-21-22)9-19-12(2)14-6-7-16(15(18)8-14)23-10-13-4-5-13/h6-8,11-13,19H,3-5,9-10H2,1-2H3. The van der Waals surface area contributed by atoms with Crippen molar-refractivity contribution < 1.29 is 9.13 Å². The van der Waals surface area contributed by atoms with Crippen LogP contribution in [0, 0.1) is 11.7 Å². The van der Waals surface area contributed by atoms with Crippen molar-refractivity contribution in [1.82, 2.24) is 20.1 Å². The van der Waals surface area contributed by atoms with Crippen LogP contribution >= 0.6 is 0 Å². The normalized spacial score (nSPS) is 15.6. The molecule has 124 valence electrons. The number of ether oxygens (including phenoxy) is 1. The Labute approximate surface area is 135 Å². The largest absolute Gasteiger partial charge is 0.490 e. The van der Waals surface area contributed by atoms with E-state index in [1.165, 1.54) is 12.8 Å². The minimum absolute atomic E-state index is 0.0176. The van der Waals surface area contributed by atoms with Crippen molar-refractivity contribution in [2.45, 2.75) is 45.8 Å². The van der Waals surface area contributed by atoms with Crippen molar-refractivity contribution in [2.24, 2.45) is 5.92 Å². The van der Waals surface area contributed by atoms with E-state index >= 15 is 0 Å². The molecule has 1 saturated carbocycles. The van der Waals surface area contributed by atoms with Crippen LogP contribution in [-0.4, -0.2) is 21.4 Å². The van der Waals surface area contributed by atoms with E-state index in [2.05, 4.69) is 15.4 Å². The average molecular weight is 318 g/mol. The summed E-state index contributed by atoms with van der Waals surface area (Å²) >= 11 is 0. The Morgan fingerprint density at radius 2 is 2.26 bits per heavy atom. The number of nitrogens with one attached hydrogen (secondary N) is 1. The molecular weight excluding hydrogens is 295 g/mol. The van der Waals surface area contributed by atoms with Gasteiger partial charge in [-0.25, -0.2) is 14.1 Å². The van der Waals surface area contributed by atoms with Gasteiger partial charge in [0.2, 0.25) is 0 Å². The highest BCUT2D eigenvalue weighted by atomic mass is 19.1. The first-order valence-corrected chi connectivity index (χ1v) is 8.19. The molecule has 3 rings (SSSR count). The van der Waals surface area contributed by atoms with Crippen LogP contribution in [0.5, 0.6) is 5.75 Å². The molecule has 1 aliphatic carbocycles. The van der Waals surface area contributed by atoms with E-state index in [9.17, 15) is 4.39 Å². The summed E-state index contributed by atoms with van der Waals surface area (Å²) in [6.45, 7) is 6.03. The lowest BCUT2D eigenvalue weighted by Crippen LogP contribution is -2.21. The van der Waals surface area contributed by atoms with Gasteiger partial charge < -0.3 is 10.1 Å². The van der Waals surface area contributed by atoms with Crippen molar-refractivity contribution in [3.05, 3.63) is 41.7 Å². The minimum atomic E-state index is -0.298. The van der Waals surface area contributed by atoms with E-state index in [0.717, 1.165) is 17.9 Å². The molecule has 5 nitrogen and oxygen atoms in total. The van der Waals surface area contributed by atoms with E-state index < -0.39 is 0 Å². The van der Waals surface area contributed by atoms with E-state index in [1.807, 2.05) is 24.6 Å². The van der Waals surface area contributed by atoms with Gasteiger partial charge in [0.25, 0.3) is 0 Å². The van der Waals surface area contributed by atoms with Gasteiger partial charge in [0, 0.05) is 12.6 Å². The molecule has 0 radical (unpaired) electrons. The molecular formula is C17H23FN4O. The average Bonchev–Trinajstić information content (AvgIpc) is 3.27. The summed E-state index contributed by atoms with van der Waals surface area (Å²) in [5.74, 6) is 1.54. The second kappa shape index (κ2) is 7.08. The number of rotatable bonds is 8. The smallest absolute Gasteiger partial charge is 0.165 e. The summed E-state index contributed by atoms with van der Waals surface area (Å²) in [7, 11) is 0. The summed E-state index contributed by atoms with van der Waals surface area (Å²) < 4.78 is 21.5. The van der Waals surface area contributed by atoms with Crippen LogP contribution in [0.2, 0.25) is 0 Å². The van der Waals surface area contributed by atoms with E-state index in [1.54, 1.807) is 18.5 Å². The van der Waals surface area contributed by atoms with Crippen LogP contribution in [0.1, 0.15) is 44.1 Å². The van der Waals surface area contributed by atoms with E-state index in [0.29, 0.717) is 24.8 Å². The first-order valence-electron chi connectivity index (χ1n) is 8.19. The Bertz CT molecular complexity index is 654. The van der Waals surface area contributed by atoms with Gasteiger partial charge in [-0.15, -0.1) is 0 Å². The van der Waals surface area contributed by atoms with Crippen LogP contribution in [0.3, 0.4) is 0 Å². The summed E-state index contributed by atoms with van der Waals surface area (Å²) in [6, 6.07) is 5.20. The number of nitrogens with zero attached hydrogens (tertiary/aromatic N) is 3. The lowest BCUT2D eigenvalue weighted by atomic mass is 10.1. The second-order valence-corrected chi connectivity index (χ2v) is 6.04. The fourth-order valence-corrected chi connectivity index (χ4v) is 2.45. The maximum Gasteiger partial charge on any atom is 0.165 e. The molecule has 0 bridgehead atoms. The monoisotopic (exact) mass is 318 g/mol. The predicted molar refractivity (Wildman–Crippen MR) is 85.6 cm³/mol. The zero-order valence-corrected chi connectivity index (χ0v) is 13.6. The van der Waals surface area contributed by atoms with Gasteiger partial charge in [-0.05, 0) is 50.3 Å². The van der Waals surface area contributed by atoms with Crippen molar-refractivity contribution in [1.29, 1.82) is 0 Å². The number of aryl methyl sites for hydroxylation is 1. The maximum absolute atomic E-state index is 14.1. The maximum atomic E-state index is 14.1. The number of hydrogen-bond donors (Lipinski definition) is 1. The van der Waals surface area contributed by atoms with Crippen molar-refractivity contribution in [3.8, 4) is 5.75 Å². The van der Waals surface area contributed by atoms with Crippen molar-refractivity contribution in [2.75, 3.05) is 6.61 Å². The molecule has 1 heterocycles. The van der Waals surface area contributed by atoms with Crippen LogP contribution < -0.4 is 10.1 Å². The quantitative estimate of drug-likeness (QED) is 0.813. The molecule has 0 saturated heterocycles. The molecule has 6 heteroatoms. The Morgan fingerprint density at radius 1 is 1.43 bits per heavy atom. The van der Waals surface area contributed by atoms with Crippen LogP contribution in [-0.2, 0) is 13.1 Å². The Kier molecular flexibility index (Phi) is 4.91. The minimum Gasteiger partial charge on any atom is -0.490 e. The lowest BCUT2D eigenvalue weighted by Gasteiger charge is -2.15. The molecule has 2 aromatic rings. The number of aromatic nitrogens is 3. The number of hydrogen-bond acceptors (Lipinski definition) is 4. The molecule has 1 aliphatic rings. The van der Waals surface area contributed by atoms with Gasteiger partial charge in [-0.2, -0.15) is 5.10 Å². The topological polar surface area (TPSA) is 52.0 Å². The summed E-state index contributed by atoms with van der Waals surface area (Å²) in [4.78, 5) is 4.23. The molecule has 1 unspecified atom stereocenters. The Balaban J connectivity index is 1.58. The molecule has 0 amide bonds. The fraction of sp³-hybridized carbons (Fsp3) is 0.529. The molecule has 1 aromatic heterocycles. The van der Waals surface area contributed by atoms with Crippen molar-refractivity contribution in [3.63, 3.8) is 0 Å². The van der Waals surface area contributed by atoms with E-state index in [4.69, 9.17) is 4.74 Å². The van der Waals surface area contributed by atoms with Gasteiger partial charge in [0.05, 0.1) is 13.2 Å². The van der Waals surface area contributed by atoms with Gasteiger partial charge in [0.15, 0.2) is 11.6 Å². The van der Waals surface area contributed by atoms with Crippen LogP contribution in [0.25, 0.3) is 0 Å². The third-order valence-electron chi connectivity index (χ3n) is 4.19. The first kappa shape index (κ1) is 15.9. The third-order valence-corrected chi connectivity index (χ3v) is 4.19. The molecule has 1 aromatic carbocycles. The summed E-state index contributed by atoms with van der Waals surface area (Å²) in [5, 5.41) is 7.49. The highest BCUT2D eigenvalue weighted by Gasteiger charge is 2.22. The highest BCUT2D eigenvalue weighted by Crippen LogP contribution is 2.30. The Hall–Kier alpha value is -1.95. The SMILES string of the molecule is CCn1ncnc1CNC(C)c1ccc(OCC2CC2)c(F)c1. The molecule has 23 heavy (non-hydrogen) atoms. The first-order chi connectivity index (χ1) is 11.2. The molecule has 1 atom stereocenters. The second-order valence-electron chi connectivity index (χ2n) is 6.04. The molecule has 1 fully saturated rings. The molecule has 0 aliphatic heterocycles.